The maximum absolute atomic E-state index is 13.8. The van der Waals surface area contributed by atoms with Gasteiger partial charge in [-0.3, -0.25) is 4.79 Å². The molecule has 7 nitrogen and oxygen atoms in total. The largest absolute Gasteiger partial charge is 0.619 e. The maximum atomic E-state index is 13.8. The summed E-state index contributed by atoms with van der Waals surface area (Å²) in [4.78, 5) is 27.0. The Morgan fingerprint density at radius 2 is 2.03 bits per heavy atom. The third-order valence-electron chi connectivity index (χ3n) is 6.32. The van der Waals surface area contributed by atoms with Gasteiger partial charge in [-0.25, -0.2) is 4.79 Å². The summed E-state index contributed by atoms with van der Waals surface area (Å²) in [5, 5.41) is 21.2. The fraction of sp³-hybridized carbons (Fsp3) is 0.320. The Bertz CT molecular complexity index is 1140. The molecule has 0 amide bonds. The molecule has 1 fully saturated rings. The van der Waals surface area contributed by atoms with Crippen molar-refractivity contribution in [1.82, 2.24) is 0 Å². The molecule has 1 atom stereocenters. The third kappa shape index (κ3) is 4.73. The number of aromatic carboxylic acids is 1. The zero-order valence-corrected chi connectivity index (χ0v) is 19.0. The van der Waals surface area contributed by atoms with Gasteiger partial charge < -0.3 is 20.0 Å². The van der Waals surface area contributed by atoms with Crippen LogP contribution in [0.4, 0.5) is 5.69 Å². The van der Waals surface area contributed by atoms with Gasteiger partial charge in [-0.05, 0) is 55.2 Å². The number of pyridine rings is 1. The van der Waals surface area contributed by atoms with Crippen LogP contribution in [-0.4, -0.2) is 24.0 Å². The molecule has 8 heteroatoms. The average Bonchev–Trinajstić information content (AvgIpc) is 3.31. The van der Waals surface area contributed by atoms with Crippen LogP contribution in [0.5, 0.6) is 0 Å². The Morgan fingerprint density at radius 1 is 1.27 bits per heavy atom. The number of carbonyl (C=O) groups excluding carboxylic acids is 1. The summed E-state index contributed by atoms with van der Waals surface area (Å²) in [6, 6.07) is 8.02. The number of aromatic nitrogens is 1. The van der Waals surface area contributed by atoms with Crippen LogP contribution in [0, 0.1) is 17.0 Å². The molecule has 0 bridgehead atoms. The molecular weight excluding hydrogens is 444 g/mol. The molecule has 1 aromatic heterocycles. The van der Waals surface area contributed by atoms with E-state index in [9.17, 15) is 19.9 Å². The highest BCUT2D eigenvalue weighted by Gasteiger charge is 2.39. The predicted octanol–water partition coefficient (Wildman–Crippen LogP) is 4.48. The minimum atomic E-state index is -1.13. The van der Waals surface area contributed by atoms with Crippen molar-refractivity contribution < 1.29 is 24.2 Å². The number of ketones is 1. The summed E-state index contributed by atoms with van der Waals surface area (Å²) in [6.07, 6.45) is 10.5. The van der Waals surface area contributed by atoms with Gasteiger partial charge in [-0.1, -0.05) is 24.4 Å². The zero-order valence-electron chi connectivity index (χ0n) is 18.2. The number of halogens is 1. The van der Waals surface area contributed by atoms with E-state index in [2.05, 4.69) is 0 Å². The van der Waals surface area contributed by atoms with Gasteiger partial charge >= 0.3 is 5.97 Å². The first-order valence-corrected chi connectivity index (χ1v) is 11.2. The van der Waals surface area contributed by atoms with E-state index in [1.165, 1.54) is 24.5 Å². The van der Waals surface area contributed by atoms with Crippen molar-refractivity contribution in [3.8, 4) is 0 Å². The third-order valence-corrected chi connectivity index (χ3v) is 6.63. The number of anilines is 1. The molecule has 2 aliphatic carbocycles. The van der Waals surface area contributed by atoms with E-state index >= 15 is 0 Å². The second kappa shape index (κ2) is 9.67. The zero-order chi connectivity index (χ0) is 23.5. The standard InChI is InChI=1S/C25H25ClN2O5/c1-33-22-11-10-21(24(29)23(22)17-6-2-3-7-17)28(15-16-5-4-12-27(32)14-16)18-8-9-19(25(30)31)20(26)13-18/h4-5,8-14,17,23H,2-3,6-7,15H2,1H3,(H,30,31). The number of methoxy groups -OCH3 is 1. The highest BCUT2D eigenvalue weighted by atomic mass is 35.5. The molecule has 1 heterocycles. The molecule has 172 valence electrons. The minimum absolute atomic E-state index is 0.0215. The first-order chi connectivity index (χ1) is 15.9. The molecule has 1 aromatic carbocycles. The topological polar surface area (TPSA) is 93.8 Å². The van der Waals surface area contributed by atoms with Crippen molar-refractivity contribution >= 4 is 29.0 Å². The first kappa shape index (κ1) is 22.9. The van der Waals surface area contributed by atoms with Crippen LogP contribution in [0.2, 0.25) is 5.02 Å². The number of ether oxygens (including phenoxy) is 1. The number of Topliss-reactive ketones (excluding diaryl/α,β-unsaturated/α-hetero) is 1. The number of benzene rings is 1. The average molecular weight is 469 g/mol. The van der Waals surface area contributed by atoms with E-state index in [0.29, 0.717) is 27.4 Å². The van der Waals surface area contributed by atoms with Crippen molar-refractivity contribution in [1.29, 1.82) is 0 Å². The lowest BCUT2D eigenvalue weighted by Gasteiger charge is -2.33. The molecule has 2 aliphatic rings. The maximum Gasteiger partial charge on any atom is 0.337 e. The van der Waals surface area contributed by atoms with Crippen molar-refractivity contribution in [3.05, 3.63) is 87.7 Å². The Hall–Kier alpha value is -3.32. The van der Waals surface area contributed by atoms with Crippen LogP contribution in [0.15, 0.2) is 66.3 Å². The molecule has 33 heavy (non-hydrogen) atoms. The number of carboxylic acids is 1. The van der Waals surface area contributed by atoms with Crippen molar-refractivity contribution in [2.24, 2.45) is 11.8 Å². The normalized spacial score (nSPS) is 18.6. The van der Waals surface area contributed by atoms with Crippen LogP contribution in [0.3, 0.4) is 0 Å². The van der Waals surface area contributed by atoms with E-state index in [-0.39, 0.29) is 34.7 Å². The summed E-state index contributed by atoms with van der Waals surface area (Å²) in [6.45, 7) is 0.233. The van der Waals surface area contributed by atoms with Crippen molar-refractivity contribution in [2.75, 3.05) is 12.0 Å². The highest BCUT2D eigenvalue weighted by molar-refractivity contribution is 6.33. The second-order valence-electron chi connectivity index (χ2n) is 8.34. The highest BCUT2D eigenvalue weighted by Crippen LogP contribution is 2.40. The fourth-order valence-electron chi connectivity index (χ4n) is 4.73. The Kier molecular flexibility index (Phi) is 6.70. The van der Waals surface area contributed by atoms with E-state index in [1.54, 1.807) is 36.3 Å². The van der Waals surface area contributed by atoms with Gasteiger partial charge in [0.1, 0.15) is 5.76 Å². The van der Waals surface area contributed by atoms with Gasteiger partial charge in [0.2, 0.25) is 0 Å². The number of hydrogen-bond donors (Lipinski definition) is 1. The van der Waals surface area contributed by atoms with Gasteiger partial charge in [0.25, 0.3) is 0 Å². The van der Waals surface area contributed by atoms with Crippen LogP contribution in [-0.2, 0) is 16.1 Å². The van der Waals surface area contributed by atoms with Gasteiger partial charge in [0, 0.05) is 17.3 Å². The van der Waals surface area contributed by atoms with E-state index in [0.717, 1.165) is 25.7 Å². The van der Waals surface area contributed by atoms with Gasteiger partial charge in [-0.15, -0.1) is 0 Å². The molecule has 0 spiro atoms. The van der Waals surface area contributed by atoms with Gasteiger partial charge in [-0.2, -0.15) is 4.73 Å². The van der Waals surface area contributed by atoms with Crippen LogP contribution >= 0.6 is 11.6 Å². The lowest BCUT2D eigenvalue weighted by atomic mass is 9.81. The van der Waals surface area contributed by atoms with E-state index in [4.69, 9.17) is 16.3 Å². The summed E-state index contributed by atoms with van der Waals surface area (Å²) in [7, 11) is 1.58. The second-order valence-corrected chi connectivity index (χ2v) is 8.75. The SMILES string of the molecule is COC1=CC=C(N(Cc2ccc[n+]([O-])c2)c2ccc(C(=O)O)c(Cl)c2)C(=O)C1C1CCCC1. The molecule has 1 unspecified atom stereocenters. The van der Waals surface area contributed by atoms with Crippen molar-refractivity contribution in [3.63, 3.8) is 0 Å². The molecule has 1 saturated carbocycles. The van der Waals surface area contributed by atoms with Gasteiger partial charge in [0.05, 0.1) is 35.9 Å². The Balaban J connectivity index is 1.77. The molecule has 0 aliphatic heterocycles. The summed E-state index contributed by atoms with van der Waals surface area (Å²) >= 11 is 6.25. The lowest BCUT2D eigenvalue weighted by molar-refractivity contribution is -0.605. The van der Waals surface area contributed by atoms with E-state index in [1.807, 2.05) is 6.08 Å². The molecule has 1 N–H and O–H groups in total. The smallest absolute Gasteiger partial charge is 0.337 e. The fourth-order valence-corrected chi connectivity index (χ4v) is 4.98. The predicted molar refractivity (Wildman–Crippen MR) is 124 cm³/mol. The number of carbonyl (C=O) groups is 2. The Labute approximate surface area is 197 Å². The Morgan fingerprint density at radius 3 is 2.67 bits per heavy atom. The van der Waals surface area contributed by atoms with Gasteiger partial charge in [0.15, 0.2) is 18.2 Å². The summed E-state index contributed by atoms with van der Waals surface area (Å²) < 4.78 is 6.27. The first-order valence-electron chi connectivity index (χ1n) is 10.9. The number of nitrogens with zero attached hydrogens (tertiary/aromatic N) is 2. The molecule has 2 aromatic rings. The number of rotatable bonds is 7. The molecular formula is C25H25ClN2O5. The number of allylic oxidation sites excluding steroid dienone is 4. The molecule has 0 saturated heterocycles. The monoisotopic (exact) mass is 468 g/mol. The molecule has 0 radical (unpaired) electrons. The number of carboxylic acid groups (broad SMARTS) is 1. The lowest BCUT2D eigenvalue weighted by Crippen LogP contribution is -2.37. The van der Waals surface area contributed by atoms with Crippen LogP contribution in [0.1, 0.15) is 41.6 Å². The van der Waals surface area contributed by atoms with Crippen LogP contribution in [0.25, 0.3) is 0 Å². The summed E-state index contributed by atoms with van der Waals surface area (Å²) in [5.74, 6) is -0.671. The van der Waals surface area contributed by atoms with E-state index < -0.39 is 5.97 Å². The molecule has 4 rings (SSSR count). The van der Waals surface area contributed by atoms with Crippen LogP contribution < -0.4 is 9.63 Å². The summed E-state index contributed by atoms with van der Waals surface area (Å²) in [5.41, 5.74) is 1.68. The number of hydrogen-bond acceptors (Lipinski definition) is 5. The minimum Gasteiger partial charge on any atom is -0.619 e. The van der Waals surface area contributed by atoms with Crippen molar-refractivity contribution in [2.45, 2.75) is 32.2 Å². The quantitative estimate of drug-likeness (QED) is 0.475.